The van der Waals surface area contributed by atoms with Crippen LogP contribution in [-0.2, 0) is 15.1 Å². The van der Waals surface area contributed by atoms with Crippen LogP contribution in [0, 0.1) is 5.92 Å². The number of nitrogens with zero attached hydrogens (tertiary/aromatic N) is 4. The lowest BCUT2D eigenvalue weighted by molar-refractivity contribution is -0.116. The van der Waals surface area contributed by atoms with Crippen LogP contribution in [0.3, 0.4) is 0 Å². The molecule has 5 rings (SSSR count). The lowest BCUT2D eigenvalue weighted by atomic mass is 9.68. The molecule has 1 saturated heterocycles. The first kappa shape index (κ1) is 27.1. The van der Waals surface area contributed by atoms with E-state index in [-0.39, 0.29) is 40.9 Å². The molecule has 0 radical (unpaired) electrons. The summed E-state index contributed by atoms with van der Waals surface area (Å²) in [7, 11) is 5.58. The third kappa shape index (κ3) is 5.12. The Kier molecular flexibility index (Phi) is 7.62. The summed E-state index contributed by atoms with van der Waals surface area (Å²) in [5, 5.41) is 2.72. The van der Waals surface area contributed by atoms with E-state index in [1.165, 1.54) is 25.3 Å². The number of esters is 1. The first-order chi connectivity index (χ1) is 18.8. The largest absolute Gasteiger partial charge is 0.465 e. The molecule has 2 saturated carbocycles. The van der Waals surface area contributed by atoms with E-state index >= 15 is 0 Å². The summed E-state index contributed by atoms with van der Waals surface area (Å²) in [4.78, 5) is 49.3. The summed E-state index contributed by atoms with van der Waals surface area (Å²) in [5.41, 5.74) is 1.12. The topological polar surface area (TPSA) is 95.1 Å². The molecule has 3 fully saturated rings. The Bertz CT molecular complexity index is 1200. The number of carbonyl (C=O) groups is 3. The van der Waals surface area contributed by atoms with Gasteiger partial charge in [-0.1, -0.05) is 36.8 Å². The van der Waals surface area contributed by atoms with Crippen LogP contribution < -0.4 is 5.32 Å². The predicted molar refractivity (Wildman–Crippen MR) is 148 cm³/mol. The Morgan fingerprint density at radius 3 is 2.41 bits per heavy atom. The van der Waals surface area contributed by atoms with Crippen molar-refractivity contribution < 1.29 is 19.1 Å². The summed E-state index contributed by atoms with van der Waals surface area (Å²) < 4.78 is 4.81. The number of ether oxygens (including phenoxy) is 1. The fourth-order valence-corrected chi connectivity index (χ4v) is 6.63. The molecule has 0 atom stereocenters. The van der Waals surface area contributed by atoms with Gasteiger partial charge in [0.15, 0.2) is 0 Å². The second-order valence-electron chi connectivity index (χ2n) is 11.5. The van der Waals surface area contributed by atoms with Gasteiger partial charge in [0.25, 0.3) is 0 Å². The number of pyridine rings is 1. The number of amides is 3. The monoisotopic (exact) mass is 533 g/mol. The van der Waals surface area contributed by atoms with E-state index in [9.17, 15) is 14.4 Å². The fourth-order valence-electron chi connectivity index (χ4n) is 6.63. The summed E-state index contributed by atoms with van der Waals surface area (Å²) in [6, 6.07) is 13.8. The smallest absolute Gasteiger partial charge is 0.341 e. The molecule has 39 heavy (non-hydrogen) atoms. The van der Waals surface area contributed by atoms with Crippen molar-refractivity contribution in [2.75, 3.05) is 46.2 Å². The number of aromatic nitrogens is 1. The van der Waals surface area contributed by atoms with Crippen molar-refractivity contribution in [1.29, 1.82) is 0 Å². The molecule has 3 aliphatic rings. The second kappa shape index (κ2) is 11.0. The highest BCUT2D eigenvalue weighted by Crippen LogP contribution is 2.49. The van der Waals surface area contributed by atoms with Gasteiger partial charge in [-0.2, -0.15) is 0 Å². The molecule has 0 bridgehead atoms. The highest BCUT2D eigenvalue weighted by Gasteiger charge is 2.55. The van der Waals surface area contributed by atoms with Crippen LogP contribution in [0.15, 0.2) is 48.7 Å². The number of methoxy groups -OCH3 is 1. The molecule has 1 aromatic heterocycles. The highest BCUT2D eigenvalue weighted by atomic mass is 16.5. The first-order valence-electron chi connectivity index (χ1n) is 13.9. The number of hydrogen-bond acceptors (Lipinski definition) is 6. The molecule has 9 heteroatoms. The van der Waals surface area contributed by atoms with E-state index in [1.807, 2.05) is 0 Å². The zero-order chi connectivity index (χ0) is 27.6. The molecule has 208 valence electrons. The minimum Gasteiger partial charge on any atom is -0.465 e. The summed E-state index contributed by atoms with van der Waals surface area (Å²) in [6.07, 6.45) is 8.67. The number of rotatable bonds is 8. The summed E-state index contributed by atoms with van der Waals surface area (Å²) in [5.74, 6) is -0.287. The Hall–Kier alpha value is -3.46. The SMILES string of the molecule is COC(=O)c1cccnc1NC(=O)CN1C[C@]2(CC[C@@](c3ccccc3)(N(C)C)CC2)N(CC2CCC2)C1=O. The Balaban J connectivity index is 1.34. The second-order valence-corrected chi connectivity index (χ2v) is 11.5. The molecule has 1 aromatic carbocycles. The zero-order valence-corrected chi connectivity index (χ0v) is 23.2. The van der Waals surface area contributed by atoms with E-state index in [4.69, 9.17) is 4.74 Å². The van der Waals surface area contributed by atoms with Crippen molar-refractivity contribution in [3.8, 4) is 0 Å². The number of anilines is 1. The Morgan fingerprint density at radius 2 is 1.79 bits per heavy atom. The van der Waals surface area contributed by atoms with Crippen LogP contribution in [0.25, 0.3) is 0 Å². The van der Waals surface area contributed by atoms with Crippen molar-refractivity contribution in [3.05, 3.63) is 59.8 Å². The average molecular weight is 534 g/mol. The van der Waals surface area contributed by atoms with Crippen LogP contribution in [0.5, 0.6) is 0 Å². The molecule has 1 aliphatic heterocycles. The number of benzene rings is 1. The minimum absolute atomic E-state index is 0.0664. The molecular formula is C30H39N5O4. The number of urea groups is 1. The standard InChI is InChI=1S/C30H39N5O4/c1-33(2)30(23-11-5-4-6-12-23)16-14-29(15-17-30)21-34(28(38)35(29)19-22-9-7-10-22)20-25(36)32-26-24(27(37)39-3)13-8-18-31-26/h4-6,8,11-13,18,22H,7,9-10,14-17,19-21H2,1-3H3,(H,31,32,36)/t29-,30-. The molecule has 2 aliphatic carbocycles. The molecule has 2 aromatic rings. The van der Waals surface area contributed by atoms with Crippen molar-refractivity contribution in [2.24, 2.45) is 5.92 Å². The van der Waals surface area contributed by atoms with Gasteiger partial charge >= 0.3 is 12.0 Å². The van der Waals surface area contributed by atoms with Gasteiger partial charge in [-0.25, -0.2) is 14.6 Å². The molecule has 2 heterocycles. The van der Waals surface area contributed by atoms with Gasteiger partial charge in [0.05, 0.1) is 12.6 Å². The summed E-state index contributed by atoms with van der Waals surface area (Å²) in [6.45, 7) is 1.19. The zero-order valence-electron chi connectivity index (χ0n) is 23.2. The average Bonchev–Trinajstić information content (AvgIpc) is 3.16. The van der Waals surface area contributed by atoms with Gasteiger partial charge < -0.3 is 19.9 Å². The number of nitrogens with one attached hydrogen (secondary N) is 1. The predicted octanol–water partition coefficient (Wildman–Crippen LogP) is 4.11. The summed E-state index contributed by atoms with van der Waals surface area (Å²) >= 11 is 0. The molecule has 1 N–H and O–H groups in total. The van der Waals surface area contributed by atoms with Crippen molar-refractivity contribution in [3.63, 3.8) is 0 Å². The van der Waals surface area contributed by atoms with Gasteiger partial charge in [-0.15, -0.1) is 0 Å². The van der Waals surface area contributed by atoms with Gasteiger partial charge in [-0.05, 0) is 76.2 Å². The van der Waals surface area contributed by atoms with Crippen LogP contribution in [-0.4, -0.2) is 84.0 Å². The van der Waals surface area contributed by atoms with Crippen molar-refractivity contribution in [1.82, 2.24) is 19.7 Å². The number of carbonyl (C=O) groups excluding carboxylic acids is 3. The van der Waals surface area contributed by atoms with E-state index in [0.717, 1.165) is 45.1 Å². The first-order valence-corrected chi connectivity index (χ1v) is 13.9. The van der Waals surface area contributed by atoms with Crippen molar-refractivity contribution in [2.45, 2.75) is 56.0 Å². The molecule has 0 unspecified atom stereocenters. The maximum absolute atomic E-state index is 13.8. The van der Waals surface area contributed by atoms with Gasteiger partial charge in [0, 0.05) is 24.8 Å². The Labute approximate surface area is 230 Å². The van der Waals surface area contributed by atoms with E-state index in [2.05, 4.69) is 64.5 Å². The van der Waals surface area contributed by atoms with Crippen LogP contribution >= 0.6 is 0 Å². The fraction of sp³-hybridized carbons (Fsp3) is 0.533. The highest BCUT2D eigenvalue weighted by molar-refractivity contribution is 6.01. The Morgan fingerprint density at radius 1 is 1.08 bits per heavy atom. The van der Waals surface area contributed by atoms with Gasteiger partial charge in [-0.3, -0.25) is 9.69 Å². The maximum atomic E-state index is 13.8. The van der Waals surface area contributed by atoms with Crippen LogP contribution in [0.2, 0.25) is 0 Å². The lowest BCUT2D eigenvalue weighted by Crippen LogP contribution is -2.56. The van der Waals surface area contributed by atoms with Crippen LogP contribution in [0.1, 0.15) is 60.9 Å². The van der Waals surface area contributed by atoms with Gasteiger partial charge in [0.1, 0.15) is 17.9 Å². The minimum atomic E-state index is -0.578. The third-order valence-corrected chi connectivity index (χ3v) is 9.21. The lowest BCUT2D eigenvalue weighted by Gasteiger charge is -2.51. The van der Waals surface area contributed by atoms with Crippen molar-refractivity contribution >= 4 is 23.7 Å². The third-order valence-electron chi connectivity index (χ3n) is 9.21. The molecule has 1 spiro atoms. The van der Waals surface area contributed by atoms with Gasteiger partial charge in [0.2, 0.25) is 5.91 Å². The molecule has 3 amide bonds. The van der Waals surface area contributed by atoms with E-state index in [1.54, 1.807) is 17.0 Å². The van der Waals surface area contributed by atoms with E-state index in [0.29, 0.717) is 12.5 Å². The molecular weight excluding hydrogens is 494 g/mol. The van der Waals surface area contributed by atoms with E-state index < -0.39 is 5.97 Å². The van der Waals surface area contributed by atoms with Crippen LogP contribution in [0.4, 0.5) is 10.6 Å². The number of hydrogen-bond donors (Lipinski definition) is 1. The molecule has 9 nitrogen and oxygen atoms in total. The normalized spacial score (nSPS) is 25.2. The quantitative estimate of drug-likeness (QED) is 0.513. The maximum Gasteiger partial charge on any atom is 0.341 e.